The van der Waals surface area contributed by atoms with Gasteiger partial charge in [0.25, 0.3) is 0 Å². The van der Waals surface area contributed by atoms with Crippen molar-refractivity contribution in [3.05, 3.63) is 42.0 Å². The van der Waals surface area contributed by atoms with Crippen molar-refractivity contribution in [2.45, 2.75) is 26.0 Å². The first kappa shape index (κ1) is 12.7. The van der Waals surface area contributed by atoms with Crippen LogP contribution in [-0.2, 0) is 6.54 Å². The van der Waals surface area contributed by atoms with E-state index >= 15 is 0 Å². The second kappa shape index (κ2) is 5.00. The third-order valence-electron chi connectivity index (χ3n) is 3.54. The van der Waals surface area contributed by atoms with E-state index in [-0.39, 0.29) is 11.9 Å². The largest absolute Gasteiger partial charge is 0.497 e. The molecule has 0 aliphatic carbocycles. The molecule has 1 aliphatic heterocycles. The lowest BCUT2D eigenvalue weighted by Gasteiger charge is -2.26. The van der Waals surface area contributed by atoms with Gasteiger partial charge in [-0.05, 0) is 25.1 Å². The molecule has 2 aromatic rings. The second-order valence-electron chi connectivity index (χ2n) is 4.70. The predicted octanol–water partition coefficient (Wildman–Crippen LogP) is 2.62. The highest BCUT2D eigenvalue weighted by Gasteiger charge is 2.29. The first-order valence-electron chi connectivity index (χ1n) is 6.61. The molecule has 2 heterocycles. The molecule has 1 atom stereocenters. The van der Waals surface area contributed by atoms with E-state index in [9.17, 15) is 4.79 Å². The van der Waals surface area contributed by atoms with Crippen LogP contribution in [0.4, 0.5) is 0 Å². The molecular weight excluding hydrogens is 256 g/mol. The lowest BCUT2D eigenvalue weighted by Crippen LogP contribution is -2.22. The van der Waals surface area contributed by atoms with Crippen molar-refractivity contribution < 1.29 is 14.3 Å². The lowest BCUT2D eigenvalue weighted by atomic mass is 9.99. The number of ketones is 1. The maximum Gasteiger partial charge on any atom is 0.170 e. The van der Waals surface area contributed by atoms with Gasteiger partial charge in [0.1, 0.15) is 17.6 Å². The highest BCUT2D eigenvalue weighted by atomic mass is 16.5. The van der Waals surface area contributed by atoms with Crippen molar-refractivity contribution in [3.8, 4) is 11.5 Å². The summed E-state index contributed by atoms with van der Waals surface area (Å²) in [6.07, 6.45) is 3.57. The number of aromatic nitrogens is 2. The van der Waals surface area contributed by atoms with Crippen LogP contribution in [0.25, 0.3) is 0 Å². The molecule has 3 rings (SSSR count). The Labute approximate surface area is 117 Å². The molecular formula is C15H16N2O3. The van der Waals surface area contributed by atoms with E-state index in [0.717, 1.165) is 12.2 Å². The van der Waals surface area contributed by atoms with Crippen molar-refractivity contribution in [1.82, 2.24) is 9.55 Å². The zero-order chi connectivity index (χ0) is 14.1. The highest BCUT2D eigenvalue weighted by Crippen LogP contribution is 2.36. The minimum Gasteiger partial charge on any atom is -0.497 e. The Morgan fingerprint density at radius 1 is 1.50 bits per heavy atom. The molecule has 20 heavy (non-hydrogen) atoms. The van der Waals surface area contributed by atoms with E-state index in [1.54, 1.807) is 37.8 Å². The second-order valence-corrected chi connectivity index (χ2v) is 4.70. The van der Waals surface area contributed by atoms with Crippen LogP contribution in [-0.4, -0.2) is 22.4 Å². The van der Waals surface area contributed by atoms with Crippen LogP contribution in [0, 0.1) is 0 Å². The number of ether oxygens (including phenoxy) is 2. The van der Waals surface area contributed by atoms with Crippen LogP contribution >= 0.6 is 0 Å². The molecule has 0 spiro atoms. The average Bonchev–Trinajstić information content (AvgIpc) is 2.95. The van der Waals surface area contributed by atoms with Gasteiger partial charge in [-0.25, -0.2) is 4.98 Å². The van der Waals surface area contributed by atoms with Crippen molar-refractivity contribution >= 4 is 5.78 Å². The molecule has 0 bridgehead atoms. The van der Waals surface area contributed by atoms with E-state index < -0.39 is 0 Å². The van der Waals surface area contributed by atoms with Gasteiger partial charge in [0, 0.05) is 6.54 Å². The molecule has 0 amide bonds. The third kappa shape index (κ3) is 2.05. The van der Waals surface area contributed by atoms with E-state index in [1.807, 2.05) is 11.5 Å². The van der Waals surface area contributed by atoms with Gasteiger partial charge in [-0.3, -0.25) is 4.79 Å². The number of rotatable bonds is 3. The predicted molar refractivity (Wildman–Crippen MR) is 73.2 cm³/mol. The molecule has 0 N–H and O–H groups in total. The lowest BCUT2D eigenvalue weighted by molar-refractivity contribution is 0.0839. The molecule has 1 aromatic heterocycles. The number of hydrogen-bond acceptors (Lipinski definition) is 4. The number of fused-ring (bicyclic) bond motifs is 1. The summed E-state index contributed by atoms with van der Waals surface area (Å²) in [6.45, 7) is 2.84. The van der Waals surface area contributed by atoms with Crippen LogP contribution in [0.5, 0.6) is 11.5 Å². The van der Waals surface area contributed by atoms with Gasteiger partial charge < -0.3 is 14.0 Å². The normalized spacial score (nSPS) is 17.5. The Morgan fingerprint density at radius 3 is 3.10 bits per heavy atom. The van der Waals surface area contributed by atoms with Crippen molar-refractivity contribution in [3.63, 3.8) is 0 Å². The number of methoxy groups -OCH3 is 1. The van der Waals surface area contributed by atoms with Crippen LogP contribution in [0.2, 0.25) is 0 Å². The molecule has 0 saturated carbocycles. The number of carbonyl (C=O) groups is 1. The SMILES string of the molecule is CCn1cncc1C1CC(=O)c2cc(OC)ccc2O1. The molecule has 0 radical (unpaired) electrons. The van der Waals surface area contributed by atoms with E-state index in [1.165, 1.54) is 0 Å². The Kier molecular flexibility index (Phi) is 3.18. The fraction of sp³-hybridized carbons (Fsp3) is 0.333. The summed E-state index contributed by atoms with van der Waals surface area (Å²) in [5, 5.41) is 0. The van der Waals surface area contributed by atoms with Crippen LogP contribution in [0.3, 0.4) is 0 Å². The monoisotopic (exact) mass is 272 g/mol. The molecule has 1 unspecified atom stereocenters. The molecule has 1 aliphatic rings. The van der Waals surface area contributed by atoms with Gasteiger partial charge >= 0.3 is 0 Å². The summed E-state index contributed by atoms with van der Waals surface area (Å²) in [5.74, 6) is 1.34. The topological polar surface area (TPSA) is 53.4 Å². The molecule has 0 saturated heterocycles. The Hall–Kier alpha value is -2.30. The molecule has 5 heteroatoms. The van der Waals surface area contributed by atoms with Crippen LogP contribution in [0.1, 0.15) is 35.5 Å². The standard InChI is InChI=1S/C15H16N2O3/c1-3-17-9-16-8-12(17)15-7-13(18)11-6-10(19-2)4-5-14(11)20-15/h4-6,8-9,15H,3,7H2,1-2H3. The van der Waals surface area contributed by atoms with Gasteiger partial charge in [0.15, 0.2) is 5.78 Å². The summed E-state index contributed by atoms with van der Waals surface area (Å²) in [5.41, 5.74) is 1.52. The Balaban J connectivity index is 1.95. The smallest absolute Gasteiger partial charge is 0.170 e. The van der Waals surface area contributed by atoms with Gasteiger partial charge in [-0.1, -0.05) is 0 Å². The van der Waals surface area contributed by atoms with Crippen LogP contribution in [0.15, 0.2) is 30.7 Å². The first-order valence-corrected chi connectivity index (χ1v) is 6.61. The van der Waals surface area contributed by atoms with E-state index in [0.29, 0.717) is 23.5 Å². The Bertz CT molecular complexity index is 648. The molecule has 104 valence electrons. The molecule has 0 fully saturated rings. The fourth-order valence-electron chi connectivity index (χ4n) is 2.46. The number of nitrogens with zero attached hydrogens (tertiary/aromatic N) is 2. The highest BCUT2D eigenvalue weighted by molar-refractivity contribution is 6.00. The van der Waals surface area contributed by atoms with Crippen molar-refractivity contribution in [2.24, 2.45) is 0 Å². The number of benzene rings is 1. The van der Waals surface area contributed by atoms with Crippen molar-refractivity contribution in [1.29, 1.82) is 0 Å². The van der Waals surface area contributed by atoms with Gasteiger partial charge in [-0.2, -0.15) is 0 Å². The van der Waals surface area contributed by atoms with Gasteiger partial charge in [-0.15, -0.1) is 0 Å². The zero-order valence-corrected chi connectivity index (χ0v) is 11.5. The maximum atomic E-state index is 12.3. The minimum absolute atomic E-state index is 0.0685. The van der Waals surface area contributed by atoms with Gasteiger partial charge in [0.05, 0.1) is 37.3 Å². The number of aryl methyl sites for hydroxylation is 1. The number of Topliss-reactive ketones (excluding diaryl/α,β-unsaturated/α-hetero) is 1. The number of imidazole rings is 1. The zero-order valence-electron chi connectivity index (χ0n) is 11.5. The minimum atomic E-state index is -0.272. The summed E-state index contributed by atoms with van der Waals surface area (Å²) >= 11 is 0. The summed E-state index contributed by atoms with van der Waals surface area (Å²) in [7, 11) is 1.58. The molecule has 5 nitrogen and oxygen atoms in total. The number of hydrogen-bond donors (Lipinski definition) is 0. The quantitative estimate of drug-likeness (QED) is 0.862. The van der Waals surface area contributed by atoms with Crippen LogP contribution < -0.4 is 9.47 Å². The van der Waals surface area contributed by atoms with E-state index in [2.05, 4.69) is 4.98 Å². The third-order valence-corrected chi connectivity index (χ3v) is 3.54. The number of carbonyl (C=O) groups excluding carboxylic acids is 1. The molecule has 1 aromatic carbocycles. The van der Waals surface area contributed by atoms with Gasteiger partial charge in [0.2, 0.25) is 0 Å². The van der Waals surface area contributed by atoms with Crippen molar-refractivity contribution in [2.75, 3.05) is 7.11 Å². The average molecular weight is 272 g/mol. The van der Waals surface area contributed by atoms with E-state index in [4.69, 9.17) is 9.47 Å². The Morgan fingerprint density at radius 2 is 2.35 bits per heavy atom. The first-order chi connectivity index (χ1) is 9.72. The fourth-order valence-corrected chi connectivity index (χ4v) is 2.46. The maximum absolute atomic E-state index is 12.3. The summed E-state index contributed by atoms with van der Waals surface area (Å²) < 4.78 is 13.1. The summed E-state index contributed by atoms with van der Waals surface area (Å²) in [4.78, 5) is 16.4. The summed E-state index contributed by atoms with van der Waals surface area (Å²) in [6, 6.07) is 5.31.